The van der Waals surface area contributed by atoms with E-state index in [-0.39, 0.29) is 11.5 Å². The van der Waals surface area contributed by atoms with Crippen molar-refractivity contribution in [3.05, 3.63) is 136 Å². The first-order valence-corrected chi connectivity index (χ1v) is 12.5. The van der Waals surface area contributed by atoms with Gasteiger partial charge >= 0.3 is 0 Å². The minimum absolute atomic E-state index is 0.196. The molecule has 5 aromatic rings. The molecule has 1 aliphatic rings. The van der Waals surface area contributed by atoms with Gasteiger partial charge in [-0.1, -0.05) is 105 Å². The van der Waals surface area contributed by atoms with E-state index in [0.29, 0.717) is 28.3 Å². The van der Waals surface area contributed by atoms with Gasteiger partial charge in [-0.25, -0.2) is 10.1 Å². The second-order valence-corrected chi connectivity index (χ2v) is 8.38. The van der Waals surface area contributed by atoms with Crippen LogP contribution in [0, 0.1) is 0 Å². The normalized spacial score (nSPS) is 13.8. The molecule has 0 saturated carbocycles. The lowest BCUT2D eigenvalue weighted by atomic mass is 10.0. The molecule has 4 aromatic carbocycles. The van der Waals surface area contributed by atoms with E-state index in [4.69, 9.17) is 4.99 Å². The number of amides is 1. The predicted octanol–water partition coefficient (Wildman–Crippen LogP) is 6.45. The van der Waals surface area contributed by atoms with E-state index >= 15 is 0 Å². The number of aromatic amines is 1. The average Bonchev–Trinajstić information content (AvgIpc) is 3.31. The van der Waals surface area contributed by atoms with Gasteiger partial charge in [-0.3, -0.25) is 14.5 Å². The molecule has 0 spiro atoms. The molecule has 1 aliphatic heterocycles. The van der Waals surface area contributed by atoms with Crippen molar-refractivity contribution in [3.8, 4) is 11.3 Å². The summed E-state index contributed by atoms with van der Waals surface area (Å²) in [6, 6.07) is 34.3. The van der Waals surface area contributed by atoms with Gasteiger partial charge in [0, 0.05) is 16.5 Å². The summed E-state index contributed by atoms with van der Waals surface area (Å²) >= 11 is 0. The molecule has 0 bridgehead atoms. The van der Waals surface area contributed by atoms with Crippen LogP contribution in [0.25, 0.3) is 28.1 Å². The Morgan fingerprint density at radius 2 is 1.29 bits per heavy atom. The van der Waals surface area contributed by atoms with Crippen LogP contribution in [0.3, 0.4) is 0 Å². The van der Waals surface area contributed by atoms with E-state index in [0.717, 1.165) is 22.1 Å². The Morgan fingerprint density at radius 1 is 0.684 bits per heavy atom. The number of carbonyl (C=O) groups excluding carboxylic acids is 1. The first-order valence-electron chi connectivity index (χ1n) is 12.5. The summed E-state index contributed by atoms with van der Waals surface area (Å²) in [6.07, 6.45) is 1.80. The van der Waals surface area contributed by atoms with Crippen LogP contribution in [-0.4, -0.2) is 21.9 Å². The molecule has 38 heavy (non-hydrogen) atoms. The zero-order chi connectivity index (χ0) is 26.5. The first kappa shape index (κ1) is 24.6. The van der Waals surface area contributed by atoms with Crippen LogP contribution in [0.2, 0.25) is 0 Å². The van der Waals surface area contributed by atoms with Crippen molar-refractivity contribution in [2.75, 3.05) is 4.90 Å². The van der Waals surface area contributed by atoms with Gasteiger partial charge in [0.2, 0.25) is 0 Å². The number of benzene rings is 4. The Morgan fingerprint density at radius 3 is 1.97 bits per heavy atom. The maximum atomic E-state index is 13.6. The van der Waals surface area contributed by atoms with Crippen LogP contribution in [0.5, 0.6) is 0 Å². The molecule has 1 N–H and O–H groups in total. The highest BCUT2D eigenvalue weighted by Gasteiger charge is 2.32. The number of anilines is 1. The van der Waals surface area contributed by atoms with Gasteiger partial charge in [-0.05, 0) is 29.8 Å². The zero-order valence-electron chi connectivity index (χ0n) is 21.1. The Hall–Kier alpha value is -5.10. The molecule has 0 unspecified atom stereocenters. The second-order valence-electron chi connectivity index (χ2n) is 8.38. The summed E-state index contributed by atoms with van der Waals surface area (Å²) in [7, 11) is 0. The third kappa shape index (κ3) is 4.67. The lowest BCUT2D eigenvalue weighted by Crippen LogP contribution is -2.32. The van der Waals surface area contributed by atoms with Crippen molar-refractivity contribution in [2.45, 2.75) is 13.8 Å². The number of fused-ring (bicyclic) bond motifs is 1. The van der Waals surface area contributed by atoms with Gasteiger partial charge in [0.1, 0.15) is 11.5 Å². The average molecular weight is 499 g/mol. The van der Waals surface area contributed by atoms with Crippen LogP contribution >= 0.6 is 0 Å². The number of nitrogens with one attached hydrogen (secondary N) is 1. The molecular weight excluding hydrogens is 472 g/mol. The van der Waals surface area contributed by atoms with Gasteiger partial charge in [0.05, 0.1) is 16.8 Å². The monoisotopic (exact) mass is 498 g/mol. The highest BCUT2D eigenvalue weighted by molar-refractivity contribution is 6.33. The smallest absolute Gasteiger partial charge is 0.267 e. The molecule has 1 aromatic heterocycles. The van der Waals surface area contributed by atoms with Crippen LogP contribution in [-0.2, 0) is 4.79 Å². The van der Waals surface area contributed by atoms with E-state index in [1.54, 1.807) is 17.0 Å². The zero-order valence-corrected chi connectivity index (χ0v) is 21.1. The standard InChI is InChI=1S/C30H20N4O2.C2H6/c35-29-25-14-8-7-13-24(25)27(32-33-29)21-15-17-23(18-16-21)34-28(22-11-5-2-6-12-22)31-26(30(34)36)19-20-9-3-1-4-10-20;1-2/h1-19H,(H,33,35);1-2H3/b26-19-;. The van der Waals surface area contributed by atoms with Gasteiger partial charge in [-0.2, -0.15) is 5.10 Å². The summed E-state index contributed by atoms with van der Waals surface area (Å²) in [5.74, 6) is 0.376. The lowest BCUT2D eigenvalue weighted by molar-refractivity contribution is -0.113. The number of hydrogen-bond donors (Lipinski definition) is 1. The minimum atomic E-state index is -0.227. The summed E-state index contributed by atoms with van der Waals surface area (Å²) in [6.45, 7) is 4.00. The van der Waals surface area contributed by atoms with Gasteiger partial charge in [0.25, 0.3) is 11.5 Å². The van der Waals surface area contributed by atoms with E-state index in [9.17, 15) is 9.59 Å². The van der Waals surface area contributed by atoms with Crippen LogP contribution in [0.15, 0.2) is 125 Å². The number of amidine groups is 1. The summed E-state index contributed by atoms with van der Waals surface area (Å²) < 4.78 is 0. The summed E-state index contributed by atoms with van der Waals surface area (Å²) in [5, 5.41) is 8.22. The number of hydrogen-bond acceptors (Lipinski definition) is 4. The van der Waals surface area contributed by atoms with Gasteiger partial charge in [0.15, 0.2) is 0 Å². The van der Waals surface area contributed by atoms with Crippen LogP contribution < -0.4 is 10.5 Å². The third-order valence-electron chi connectivity index (χ3n) is 6.09. The van der Waals surface area contributed by atoms with Crippen molar-refractivity contribution in [1.82, 2.24) is 10.2 Å². The molecule has 0 radical (unpaired) electrons. The molecule has 0 atom stereocenters. The topological polar surface area (TPSA) is 78.4 Å². The van der Waals surface area contributed by atoms with Crippen molar-refractivity contribution in [2.24, 2.45) is 4.99 Å². The predicted molar refractivity (Wildman–Crippen MR) is 154 cm³/mol. The Bertz CT molecular complexity index is 1700. The highest BCUT2D eigenvalue weighted by atomic mass is 16.2. The first-order chi connectivity index (χ1) is 18.7. The highest BCUT2D eigenvalue weighted by Crippen LogP contribution is 2.31. The number of nitrogens with zero attached hydrogens (tertiary/aromatic N) is 3. The number of rotatable bonds is 4. The van der Waals surface area contributed by atoms with Crippen molar-refractivity contribution in [3.63, 3.8) is 0 Å². The maximum absolute atomic E-state index is 13.6. The quantitative estimate of drug-likeness (QED) is 0.289. The summed E-state index contributed by atoms with van der Waals surface area (Å²) in [5.41, 5.74) is 4.09. The fourth-order valence-electron chi connectivity index (χ4n) is 4.35. The second kappa shape index (κ2) is 10.9. The molecule has 2 heterocycles. The number of H-pyrrole nitrogens is 1. The number of carbonyl (C=O) groups is 1. The van der Waals surface area contributed by atoms with Crippen LogP contribution in [0.1, 0.15) is 25.0 Å². The molecule has 6 nitrogen and oxygen atoms in total. The Labute approximate surface area is 220 Å². The van der Waals surface area contributed by atoms with Crippen molar-refractivity contribution >= 4 is 34.3 Å². The number of aromatic nitrogens is 2. The largest absolute Gasteiger partial charge is 0.282 e. The fraction of sp³-hybridized carbons (Fsp3) is 0.0625. The molecule has 6 heteroatoms. The molecule has 6 rings (SSSR count). The minimum Gasteiger partial charge on any atom is -0.267 e. The maximum Gasteiger partial charge on any atom is 0.282 e. The Balaban J connectivity index is 0.00000144. The van der Waals surface area contributed by atoms with E-state index in [2.05, 4.69) is 10.2 Å². The van der Waals surface area contributed by atoms with Crippen LogP contribution in [0.4, 0.5) is 5.69 Å². The van der Waals surface area contributed by atoms with E-state index < -0.39 is 0 Å². The third-order valence-corrected chi connectivity index (χ3v) is 6.09. The van der Waals surface area contributed by atoms with Gasteiger partial charge < -0.3 is 0 Å². The Kier molecular flexibility index (Phi) is 7.04. The molecular formula is C32H26N4O2. The lowest BCUT2D eigenvalue weighted by Gasteiger charge is -2.19. The van der Waals surface area contributed by atoms with Crippen molar-refractivity contribution in [1.29, 1.82) is 0 Å². The molecule has 0 saturated heterocycles. The molecule has 186 valence electrons. The SMILES string of the molecule is CC.O=C1/C(=C/c2ccccc2)N=C(c2ccccc2)N1c1ccc(-c2n[nH]c(=O)c3ccccc23)cc1. The fourth-order valence-corrected chi connectivity index (χ4v) is 4.35. The van der Waals surface area contributed by atoms with Crippen molar-refractivity contribution < 1.29 is 4.79 Å². The molecule has 0 aliphatic carbocycles. The van der Waals surface area contributed by atoms with E-state index in [1.807, 2.05) is 117 Å². The van der Waals surface area contributed by atoms with E-state index in [1.165, 1.54) is 0 Å². The number of aliphatic imine (C=N–C) groups is 1. The van der Waals surface area contributed by atoms with Gasteiger partial charge in [-0.15, -0.1) is 0 Å². The molecule has 1 amide bonds. The summed E-state index contributed by atoms with van der Waals surface area (Å²) in [4.78, 5) is 32.1. The molecule has 0 fully saturated rings.